The van der Waals surface area contributed by atoms with Crippen molar-refractivity contribution in [3.8, 4) is 6.07 Å². The lowest BCUT2D eigenvalue weighted by Gasteiger charge is -2.25. The zero-order chi connectivity index (χ0) is 17.7. The molecule has 125 valence electrons. The number of halogens is 1. The second kappa shape index (κ2) is 7.82. The van der Waals surface area contributed by atoms with E-state index in [9.17, 15) is 14.9 Å². The maximum Gasteiger partial charge on any atom is 0.332 e. The van der Waals surface area contributed by atoms with E-state index in [-0.39, 0.29) is 13.2 Å². The number of carbonyl (C=O) groups is 2. The molecule has 1 radical (unpaired) electrons. The van der Waals surface area contributed by atoms with Gasteiger partial charge in [0.2, 0.25) is 0 Å². The van der Waals surface area contributed by atoms with Crippen molar-refractivity contribution in [2.75, 3.05) is 31.2 Å². The SMILES string of the molecule is CCOC(=O)COCC1(C)CN([B]C=O)c2c(C#N)cc(Br)cc21. The van der Waals surface area contributed by atoms with E-state index < -0.39 is 11.4 Å². The summed E-state index contributed by atoms with van der Waals surface area (Å²) < 4.78 is 11.2. The predicted molar refractivity (Wildman–Crippen MR) is 93.5 cm³/mol. The summed E-state index contributed by atoms with van der Waals surface area (Å²) >= 11 is 3.41. The Kier molecular flexibility index (Phi) is 6.02. The first-order chi connectivity index (χ1) is 11.4. The van der Waals surface area contributed by atoms with Gasteiger partial charge in [-0.2, -0.15) is 5.26 Å². The van der Waals surface area contributed by atoms with Crippen LogP contribution in [-0.4, -0.2) is 45.9 Å². The molecule has 0 saturated heterocycles. The zero-order valence-corrected chi connectivity index (χ0v) is 15.1. The van der Waals surface area contributed by atoms with E-state index in [1.807, 2.05) is 13.0 Å². The molecule has 1 aliphatic heterocycles. The maximum atomic E-state index is 11.4. The first kappa shape index (κ1) is 18.5. The maximum absolute atomic E-state index is 11.4. The second-order valence-corrected chi connectivity index (χ2v) is 6.65. The number of hydrogen-bond acceptors (Lipinski definition) is 6. The monoisotopic (exact) mass is 391 g/mol. The molecule has 2 rings (SSSR count). The Morgan fingerprint density at radius 1 is 1.58 bits per heavy atom. The quantitative estimate of drug-likeness (QED) is 0.400. The van der Waals surface area contributed by atoms with Crippen LogP contribution in [0.15, 0.2) is 16.6 Å². The standard InChI is InChI=1S/C16H17BBrN2O4/c1-3-24-14(22)7-23-9-16(2)8-20(17-10-21)15-11(6-19)4-12(18)5-13(15)16/h4-5,10H,3,7-9H2,1-2H3. The van der Waals surface area contributed by atoms with Gasteiger partial charge in [-0.1, -0.05) is 22.9 Å². The van der Waals surface area contributed by atoms with Gasteiger partial charge >= 0.3 is 13.4 Å². The highest BCUT2D eigenvalue weighted by atomic mass is 79.9. The predicted octanol–water partition coefficient (Wildman–Crippen LogP) is 1.79. The van der Waals surface area contributed by atoms with E-state index >= 15 is 0 Å². The number of carbonyl (C=O) groups excluding carboxylic acids is 2. The normalized spacial score (nSPS) is 18.7. The van der Waals surface area contributed by atoms with E-state index in [2.05, 4.69) is 22.0 Å². The summed E-state index contributed by atoms with van der Waals surface area (Å²) in [7, 11) is 1.41. The molecule has 0 fully saturated rings. The van der Waals surface area contributed by atoms with Crippen molar-refractivity contribution in [3.63, 3.8) is 0 Å². The van der Waals surface area contributed by atoms with Gasteiger partial charge in [0.25, 0.3) is 0 Å². The average Bonchev–Trinajstić information content (AvgIpc) is 2.80. The Labute approximate surface area is 150 Å². The van der Waals surface area contributed by atoms with Crippen LogP contribution < -0.4 is 4.81 Å². The Hall–Kier alpha value is -1.85. The summed E-state index contributed by atoms with van der Waals surface area (Å²) in [6.07, 6.45) is 0.693. The summed E-state index contributed by atoms with van der Waals surface area (Å²) in [6.45, 7) is 4.64. The van der Waals surface area contributed by atoms with E-state index in [1.54, 1.807) is 17.8 Å². The third-order valence-electron chi connectivity index (χ3n) is 3.84. The Balaban J connectivity index is 2.27. The van der Waals surface area contributed by atoms with Crippen LogP contribution in [0.4, 0.5) is 5.69 Å². The lowest BCUT2D eigenvalue weighted by Crippen LogP contribution is -2.37. The molecule has 24 heavy (non-hydrogen) atoms. The first-order valence-electron chi connectivity index (χ1n) is 7.48. The van der Waals surface area contributed by atoms with E-state index in [0.717, 1.165) is 10.0 Å². The molecule has 0 aliphatic carbocycles. The van der Waals surface area contributed by atoms with Gasteiger partial charge in [0.05, 0.1) is 18.8 Å². The van der Waals surface area contributed by atoms with E-state index in [1.165, 1.54) is 7.41 Å². The van der Waals surface area contributed by atoms with Crippen molar-refractivity contribution in [3.05, 3.63) is 27.7 Å². The molecule has 0 N–H and O–H groups in total. The van der Waals surface area contributed by atoms with Crippen LogP contribution in [0.5, 0.6) is 0 Å². The summed E-state index contributed by atoms with van der Waals surface area (Å²) in [5, 5.41) is 9.40. The van der Waals surface area contributed by atoms with Gasteiger partial charge in [-0.15, -0.1) is 0 Å². The minimum Gasteiger partial charge on any atom is -0.464 e. The van der Waals surface area contributed by atoms with Crippen molar-refractivity contribution in [2.24, 2.45) is 0 Å². The molecule has 0 saturated carbocycles. The number of esters is 1. The number of ether oxygens (including phenoxy) is 2. The van der Waals surface area contributed by atoms with Gasteiger partial charge in [-0.05, 0) is 24.6 Å². The van der Waals surface area contributed by atoms with Gasteiger partial charge in [-0.25, -0.2) is 4.79 Å². The minimum absolute atomic E-state index is 0.130. The van der Waals surface area contributed by atoms with Gasteiger partial charge in [-0.3, -0.25) is 0 Å². The van der Waals surface area contributed by atoms with Crippen molar-refractivity contribution >= 4 is 41.2 Å². The molecule has 1 aliphatic rings. The van der Waals surface area contributed by atoms with Gasteiger partial charge < -0.3 is 19.1 Å². The van der Waals surface area contributed by atoms with Crippen molar-refractivity contribution < 1.29 is 19.1 Å². The summed E-state index contributed by atoms with van der Waals surface area (Å²) in [5.74, 6) is -0.414. The molecule has 1 atom stereocenters. The molecule has 1 aromatic rings. The number of nitriles is 1. The molecule has 1 heterocycles. The third-order valence-corrected chi connectivity index (χ3v) is 4.30. The van der Waals surface area contributed by atoms with Crippen molar-refractivity contribution in [1.29, 1.82) is 5.26 Å². The number of anilines is 1. The van der Waals surface area contributed by atoms with Crippen LogP contribution in [0, 0.1) is 11.3 Å². The fraction of sp³-hybridized carbons (Fsp3) is 0.438. The number of fused-ring (bicyclic) bond motifs is 1. The third kappa shape index (κ3) is 3.79. The summed E-state index contributed by atoms with van der Waals surface area (Å²) in [6, 6.07) is 5.80. The van der Waals surface area contributed by atoms with Crippen LogP contribution in [0.25, 0.3) is 0 Å². The minimum atomic E-state index is -0.462. The molecule has 1 aromatic carbocycles. The Morgan fingerprint density at radius 3 is 2.96 bits per heavy atom. The van der Waals surface area contributed by atoms with Crippen molar-refractivity contribution in [1.82, 2.24) is 0 Å². The highest BCUT2D eigenvalue weighted by Gasteiger charge is 2.41. The topological polar surface area (TPSA) is 79.6 Å². The molecule has 0 spiro atoms. The lowest BCUT2D eigenvalue weighted by molar-refractivity contribution is -0.148. The molecule has 6 nitrogen and oxygen atoms in total. The van der Waals surface area contributed by atoms with Crippen LogP contribution >= 0.6 is 15.9 Å². The average molecular weight is 392 g/mol. The van der Waals surface area contributed by atoms with Crippen LogP contribution in [-0.2, 0) is 24.5 Å². The Morgan fingerprint density at radius 2 is 2.33 bits per heavy atom. The lowest BCUT2D eigenvalue weighted by atomic mass is 9.84. The second-order valence-electron chi connectivity index (χ2n) is 5.73. The van der Waals surface area contributed by atoms with Crippen LogP contribution in [0.3, 0.4) is 0 Å². The highest BCUT2D eigenvalue weighted by molar-refractivity contribution is 9.10. The smallest absolute Gasteiger partial charge is 0.332 e. The first-order valence-corrected chi connectivity index (χ1v) is 8.27. The molecular weight excluding hydrogens is 375 g/mol. The fourth-order valence-electron chi connectivity index (χ4n) is 2.88. The zero-order valence-electron chi connectivity index (χ0n) is 13.5. The highest BCUT2D eigenvalue weighted by Crippen LogP contribution is 2.44. The molecule has 8 heteroatoms. The number of nitrogens with zero attached hydrogens (tertiary/aromatic N) is 2. The van der Waals surface area contributed by atoms with E-state index in [4.69, 9.17) is 9.47 Å². The number of benzene rings is 1. The summed E-state index contributed by atoms with van der Waals surface area (Å²) in [4.78, 5) is 24.1. The van der Waals surface area contributed by atoms with Crippen molar-refractivity contribution in [2.45, 2.75) is 19.3 Å². The molecule has 0 amide bonds. The Bertz CT molecular complexity index is 691. The van der Waals surface area contributed by atoms with Gasteiger partial charge in [0.15, 0.2) is 0 Å². The molecule has 0 aromatic heterocycles. The van der Waals surface area contributed by atoms with Gasteiger partial charge in [0.1, 0.15) is 18.9 Å². The van der Waals surface area contributed by atoms with Gasteiger partial charge in [0, 0.05) is 22.1 Å². The molecular formula is C16H17BBrN2O4. The van der Waals surface area contributed by atoms with Crippen LogP contribution in [0.1, 0.15) is 25.0 Å². The largest absolute Gasteiger partial charge is 0.464 e. The molecule has 1 unspecified atom stereocenters. The number of hydrogen-bond donors (Lipinski definition) is 0. The summed E-state index contributed by atoms with van der Waals surface area (Å²) in [5.41, 5.74) is 1.62. The number of rotatable bonds is 7. The van der Waals surface area contributed by atoms with Crippen LogP contribution in [0.2, 0.25) is 0 Å². The fourth-order valence-corrected chi connectivity index (χ4v) is 3.34. The van der Waals surface area contributed by atoms with E-state index in [0.29, 0.717) is 30.6 Å². The molecule has 0 bridgehead atoms.